The van der Waals surface area contributed by atoms with Crippen molar-refractivity contribution in [3.63, 3.8) is 0 Å². The Morgan fingerprint density at radius 3 is 2.78 bits per heavy atom. The minimum absolute atomic E-state index is 0.0515. The third-order valence-electron chi connectivity index (χ3n) is 3.06. The molecule has 0 spiro atoms. The van der Waals surface area contributed by atoms with Gasteiger partial charge in [-0.3, -0.25) is 4.79 Å². The number of ether oxygens (including phenoxy) is 1. The summed E-state index contributed by atoms with van der Waals surface area (Å²) in [6, 6.07) is 5.88. The first kappa shape index (κ1) is 14.6. The Bertz CT molecular complexity index is 401. The number of aryl methyl sites for hydroxylation is 1. The zero-order chi connectivity index (χ0) is 13.5. The van der Waals surface area contributed by atoms with Gasteiger partial charge in [-0.15, -0.1) is 0 Å². The van der Waals surface area contributed by atoms with E-state index in [0.29, 0.717) is 0 Å². The van der Waals surface area contributed by atoms with E-state index in [2.05, 4.69) is 12.2 Å². The first-order valence-corrected chi connectivity index (χ1v) is 6.56. The van der Waals surface area contributed by atoms with E-state index in [0.717, 1.165) is 30.7 Å². The number of unbranched alkanes of at least 4 members (excludes halogenated alkanes) is 1. The van der Waals surface area contributed by atoms with Gasteiger partial charge < -0.3 is 10.1 Å². The smallest absolute Gasteiger partial charge is 0.260 e. The van der Waals surface area contributed by atoms with Crippen molar-refractivity contribution in [3.05, 3.63) is 29.3 Å². The minimum Gasteiger partial charge on any atom is -0.481 e. The van der Waals surface area contributed by atoms with E-state index in [4.69, 9.17) is 4.74 Å². The fourth-order valence-electron chi connectivity index (χ4n) is 1.63. The number of carbonyl (C=O) groups excluding carboxylic acids is 1. The van der Waals surface area contributed by atoms with Gasteiger partial charge in [-0.1, -0.05) is 25.5 Å². The Hall–Kier alpha value is -1.51. The average Bonchev–Trinajstić information content (AvgIpc) is 2.35. The fraction of sp³-hybridized carbons (Fsp3) is 0.533. The van der Waals surface area contributed by atoms with Crippen LogP contribution in [0.5, 0.6) is 5.75 Å². The van der Waals surface area contributed by atoms with Crippen LogP contribution in [0.4, 0.5) is 0 Å². The maximum Gasteiger partial charge on any atom is 0.260 e. The second-order valence-electron chi connectivity index (χ2n) is 4.60. The number of rotatable bonds is 6. The zero-order valence-electron chi connectivity index (χ0n) is 11.7. The molecule has 100 valence electrons. The van der Waals surface area contributed by atoms with Gasteiger partial charge in [0.05, 0.1) is 0 Å². The third kappa shape index (κ3) is 4.06. The molecule has 18 heavy (non-hydrogen) atoms. The summed E-state index contributed by atoms with van der Waals surface area (Å²) in [7, 11) is 0. The molecule has 3 heteroatoms. The van der Waals surface area contributed by atoms with E-state index in [9.17, 15) is 4.79 Å². The first-order chi connectivity index (χ1) is 8.56. The predicted molar refractivity (Wildman–Crippen MR) is 73.9 cm³/mol. The lowest BCUT2D eigenvalue weighted by Gasteiger charge is -2.17. The van der Waals surface area contributed by atoms with Crippen molar-refractivity contribution in [3.8, 4) is 5.75 Å². The lowest BCUT2D eigenvalue weighted by molar-refractivity contribution is -0.127. The van der Waals surface area contributed by atoms with Crippen LogP contribution in [0.15, 0.2) is 18.2 Å². The summed E-state index contributed by atoms with van der Waals surface area (Å²) in [6.07, 6.45) is 1.62. The van der Waals surface area contributed by atoms with Crippen molar-refractivity contribution in [1.29, 1.82) is 0 Å². The SMILES string of the molecule is CCCCNC(=O)[C@@H](C)Oc1cccc(C)c1C. The normalized spacial score (nSPS) is 12.0. The van der Waals surface area contributed by atoms with Crippen LogP contribution in [0, 0.1) is 13.8 Å². The van der Waals surface area contributed by atoms with Crippen molar-refractivity contribution in [1.82, 2.24) is 5.32 Å². The van der Waals surface area contributed by atoms with Gasteiger partial charge in [0.1, 0.15) is 5.75 Å². The van der Waals surface area contributed by atoms with Gasteiger partial charge in [0, 0.05) is 6.54 Å². The fourth-order valence-corrected chi connectivity index (χ4v) is 1.63. The van der Waals surface area contributed by atoms with E-state index in [1.165, 1.54) is 5.56 Å². The Kier molecular flexibility index (Phi) is 5.69. The third-order valence-corrected chi connectivity index (χ3v) is 3.06. The van der Waals surface area contributed by atoms with Crippen LogP contribution in [-0.2, 0) is 4.79 Å². The van der Waals surface area contributed by atoms with Gasteiger partial charge in [0.15, 0.2) is 6.10 Å². The first-order valence-electron chi connectivity index (χ1n) is 6.56. The molecular weight excluding hydrogens is 226 g/mol. The lowest BCUT2D eigenvalue weighted by atomic mass is 10.1. The Morgan fingerprint density at radius 1 is 1.39 bits per heavy atom. The number of hydrogen-bond acceptors (Lipinski definition) is 2. The molecule has 1 N–H and O–H groups in total. The molecule has 1 aromatic carbocycles. The summed E-state index contributed by atoms with van der Waals surface area (Å²) in [5.41, 5.74) is 2.26. The standard InChI is InChI=1S/C15H23NO2/c1-5-6-10-16-15(17)13(4)18-14-9-7-8-11(2)12(14)3/h7-9,13H,5-6,10H2,1-4H3,(H,16,17)/t13-/m1/s1. The Balaban J connectivity index is 2.56. The van der Waals surface area contributed by atoms with E-state index >= 15 is 0 Å². The highest BCUT2D eigenvalue weighted by Gasteiger charge is 2.15. The summed E-state index contributed by atoms with van der Waals surface area (Å²) >= 11 is 0. The number of amides is 1. The molecule has 1 amide bonds. The van der Waals surface area contributed by atoms with Crippen LogP contribution in [0.25, 0.3) is 0 Å². The molecule has 3 nitrogen and oxygen atoms in total. The Labute approximate surface area is 110 Å². The molecule has 0 bridgehead atoms. The van der Waals surface area contributed by atoms with Gasteiger partial charge in [-0.25, -0.2) is 0 Å². The average molecular weight is 249 g/mol. The summed E-state index contributed by atoms with van der Waals surface area (Å²) in [5, 5.41) is 2.87. The van der Waals surface area contributed by atoms with E-state index < -0.39 is 6.10 Å². The van der Waals surface area contributed by atoms with Crippen molar-refractivity contribution < 1.29 is 9.53 Å². The zero-order valence-corrected chi connectivity index (χ0v) is 11.7. The number of benzene rings is 1. The number of carbonyl (C=O) groups is 1. The van der Waals surface area contributed by atoms with Gasteiger partial charge in [-0.05, 0) is 44.4 Å². The van der Waals surface area contributed by atoms with Gasteiger partial charge >= 0.3 is 0 Å². The second kappa shape index (κ2) is 7.04. The van der Waals surface area contributed by atoms with Crippen LogP contribution in [0.2, 0.25) is 0 Å². The van der Waals surface area contributed by atoms with Crippen molar-refractivity contribution in [2.75, 3.05) is 6.54 Å². The molecule has 0 fully saturated rings. The van der Waals surface area contributed by atoms with Crippen molar-refractivity contribution in [2.24, 2.45) is 0 Å². The van der Waals surface area contributed by atoms with Gasteiger partial charge in [-0.2, -0.15) is 0 Å². The molecule has 1 atom stereocenters. The number of nitrogens with one attached hydrogen (secondary N) is 1. The maximum atomic E-state index is 11.8. The molecule has 0 unspecified atom stereocenters. The highest BCUT2D eigenvalue weighted by atomic mass is 16.5. The molecule has 0 heterocycles. The largest absolute Gasteiger partial charge is 0.481 e. The van der Waals surface area contributed by atoms with Gasteiger partial charge in [0.25, 0.3) is 5.91 Å². The highest BCUT2D eigenvalue weighted by Crippen LogP contribution is 2.21. The maximum absolute atomic E-state index is 11.8. The lowest BCUT2D eigenvalue weighted by Crippen LogP contribution is -2.36. The van der Waals surface area contributed by atoms with Crippen LogP contribution >= 0.6 is 0 Å². The van der Waals surface area contributed by atoms with Crippen molar-refractivity contribution >= 4 is 5.91 Å². The van der Waals surface area contributed by atoms with E-state index in [1.54, 1.807) is 6.92 Å². The molecule has 0 saturated carbocycles. The molecule has 0 aliphatic rings. The van der Waals surface area contributed by atoms with Crippen LogP contribution in [-0.4, -0.2) is 18.6 Å². The second-order valence-corrected chi connectivity index (χ2v) is 4.60. The van der Waals surface area contributed by atoms with Crippen LogP contribution < -0.4 is 10.1 Å². The quantitative estimate of drug-likeness (QED) is 0.787. The summed E-state index contributed by atoms with van der Waals surface area (Å²) in [5.74, 6) is 0.734. The molecule has 0 aliphatic heterocycles. The summed E-state index contributed by atoms with van der Waals surface area (Å²) < 4.78 is 5.71. The summed E-state index contributed by atoms with van der Waals surface area (Å²) in [4.78, 5) is 11.8. The molecule has 0 aromatic heterocycles. The Morgan fingerprint density at radius 2 is 2.11 bits per heavy atom. The van der Waals surface area contributed by atoms with Crippen LogP contribution in [0.1, 0.15) is 37.8 Å². The van der Waals surface area contributed by atoms with Crippen LogP contribution in [0.3, 0.4) is 0 Å². The molecule has 0 aliphatic carbocycles. The molecule has 0 radical (unpaired) electrons. The minimum atomic E-state index is -0.456. The van der Waals surface area contributed by atoms with E-state index in [-0.39, 0.29) is 5.91 Å². The highest BCUT2D eigenvalue weighted by molar-refractivity contribution is 5.80. The molecule has 0 saturated heterocycles. The van der Waals surface area contributed by atoms with Gasteiger partial charge in [0.2, 0.25) is 0 Å². The molecule has 1 rings (SSSR count). The van der Waals surface area contributed by atoms with Crippen molar-refractivity contribution in [2.45, 2.75) is 46.6 Å². The van der Waals surface area contributed by atoms with E-state index in [1.807, 2.05) is 32.0 Å². The topological polar surface area (TPSA) is 38.3 Å². The number of hydrogen-bond donors (Lipinski definition) is 1. The predicted octanol–water partition coefficient (Wildman–Crippen LogP) is 2.99. The molecule has 1 aromatic rings. The monoisotopic (exact) mass is 249 g/mol. The summed E-state index contributed by atoms with van der Waals surface area (Å²) in [6.45, 7) is 8.64. The molecular formula is C15H23NO2.